The molecule has 0 aliphatic heterocycles. The van der Waals surface area contributed by atoms with Crippen molar-refractivity contribution in [3.63, 3.8) is 0 Å². The summed E-state index contributed by atoms with van der Waals surface area (Å²) in [6.45, 7) is -0.335. The average molecular weight is 246 g/mol. The number of rotatable bonds is 5. The van der Waals surface area contributed by atoms with E-state index >= 15 is 0 Å². The van der Waals surface area contributed by atoms with Crippen molar-refractivity contribution in [1.82, 2.24) is 0 Å². The van der Waals surface area contributed by atoms with Gasteiger partial charge in [-0.2, -0.15) is 8.42 Å². The van der Waals surface area contributed by atoms with Gasteiger partial charge in [-0.1, -0.05) is 12.1 Å². The summed E-state index contributed by atoms with van der Waals surface area (Å²) in [7, 11) is -4.29. The van der Waals surface area contributed by atoms with Gasteiger partial charge in [-0.15, -0.1) is 0 Å². The predicted molar refractivity (Wildman–Crippen MR) is 57.8 cm³/mol. The van der Waals surface area contributed by atoms with E-state index < -0.39 is 10.1 Å². The maximum absolute atomic E-state index is 11.1. The Hall–Kier alpha value is -0.950. The van der Waals surface area contributed by atoms with Gasteiger partial charge < -0.3 is 10.2 Å². The molecule has 0 aliphatic carbocycles. The molecule has 0 amide bonds. The fourth-order valence-electron chi connectivity index (χ4n) is 1.60. The van der Waals surface area contributed by atoms with Gasteiger partial charge in [0.05, 0.1) is 4.90 Å². The third-order valence-corrected chi connectivity index (χ3v) is 3.19. The van der Waals surface area contributed by atoms with Gasteiger partial charge in [0.25, 0.3) is 10.1 Å². The van der Waals surface area contributed by atoms with E-state index in [1.165, 1.54) is 12.1 Å². The molecular formula is C10H14O5S. The van der Waals surface area contributed by atoms with Gasteiger partial charge in [-0.25, -0.2) is 0 Å². The molecule has 0 aromatic heterocycles. The smallest absolute Gasteiger partial charge is 0.294 e. The Labute approximate surface area is 94.1 Å². The molecule has 0 saturated carbocycles. The highest BCUT2D eigenvalue weighted by atomic mass is 32.2. The molecule has 0 radical (unpaired) electrons. The van der Waals surface area contributed by atoms with Gasteiger partial charge in [-0.3, -0.25) is 4.55 Å². The lowest BCUT2D eigenvalue weighted by molar-refractivity contribution is 0.292. The van der Waals surface area contributed by atoms with Gasteiger partial charge in [-0.05, 0) is 30.0 Å². The molecule has 0 fully saturated rings. The second kappa shape index (κ2) is 5.40. The number of hydrogen-bond donors (Lipinski definition) is 3. The maximum atomic E-state index is 11.1. The van der Waals surface area contributed by atoms with E-state index in [4.69, 9.17) is 14.8 Å². The van der Waals surface area contributed by atoms with E-state index in [2.05, 4.69) is 0 Å². The van der Waals surface area contributed by atoms with Crippen molar-refractivity contribution in [3.8, 4) is 0 Å². The molecule has 5 nitrogen and oxygen atoms in total. The SMILES string of the molecule is O=S(=O)(O)c1cccc(CCO)c1CCO. The predicted octanol–water partition coefficient (Wildman–Crippen LogP) is 0.00290. The van der Waals surface area contributed by atoms with Crippen LogP contribution in [0.5, 0.6) is 0 Å². The Morgan fingerprint density at radius 1 is 1.06 bits per heavy atom. The van der Waals surface area contributed by atoms with Crippen molar-refractivity contribution < 1.29 is 23.2 Å². The molecule has 0 atom stereocenters. The first-order valence-electron chi connectivity index (χ1n) is 4.80. The molecule has 0 unspecified atom stereocenters. The van der Waals surface area contributed by atoms with E-state index in [9.17, 15) is 8.42 Å². The Morgan fingerprint density at radius 3 is 2.19 bits per heavy atom. The van der Waals surface area contributed by atoms with Crippen LogP contribution in [0.3, 0.4) is 0 Å². The first-order chi connectivity index (χ1) is 7.50. The lowest BCUT2D eigenvalue weighted by atomic mass is 10.0. The Bertz CT molecular complexity index is 452. The summed E-state index contributed by atoms with van der Waals surface area (Å²) < 4.78 is 31.2. The van der Waals surface area contributed by atoms with Crippen LogP contribution >= 0.6 is 0 Å². The molecule has 0 heterocycles. The summed E-state index contributed by atoms with van der Waals surface area (Å²) in [6.07, 6.45) is 0.421. The van der Waals surface area contributed by atoms with Crippen LogP contribution < -0.4 is 0 Å². The summed E-state index contributed by atoms with van der Waals surface area (Å²) in [4.78, 5) is -0.201. The standard InChI is InChI=1S/C10H14O5S/c11-6-4-8-2-1-3-10(16(13,14)15)9(8)5-7-12/h1-3,11-12H,4-7H2,(H,13,14,15). The van der Waals surface area contributed by atoms with Crippen LogP contribution in [0.1, 0.15) is 11.1 Å². The fourth-order valence-corrected chi connectivity index (χ4v) is 2.40. The second-order valence-electron chi connectivity index (χ2n) is 3.32. The summed E-state index contributed by atoms with van der Waals surface area (Å²) >= 11 is 0. The molecule has 0 saturated heterocycles. The topological polar surface area (TPSA) is 94.8 Å². The van der Waals surface area contributed by atoms with E-state index in [-0.39, 0.29) is 24.5 Å². The molecule has 16 heavy (non-hydrogen) atoms. The van der Waals surface area contributed by atoms with Crippen molar-refractivity contribution in [3.05, 3.63) is 29.3 Å². The summed E-state index contributed by atoms with van der Waals surface area (Å²) in [6, 6.07) is 4.44. The molecular weight excluding hydrogens is 232 g/mol. The van der Waals surface area contributed by atoms with Crippen LogP contribution in [0.25, 0.3) is 0 Å². The number of aliphatic hydroxyl groups is 2. The molecule has 1 aromatic carbocycles. The highest BCUT2D eigenvalue weighted by Crippen LogP contribution is 2.20. The van der Waals surface area contributed by atoms with Crippen LogP contribution in [-0.4, -0.2) is 36.4 Å². The maximum Gasteiger partial charge on any atom is 0.294 e. The average Bonchev–Trinajstić information content (AvgIpc) is 2.19. The summed E-state index contributed by atoms with van der Waals surface area (Å²) in [5, 5.41) is 17.7. The molecule has 0 aliphatic rings. The van der Waals surface area contributed by atoms with Crippen molar-refractivity contribution in [2.24, 2.45) is 0 Å². The minimum Gasteiger partial charge on any atom is -0.396 e. The van der Waals surface area contributed by atoms with E-state index in [0.717, 1.165) is 0 Å². The normalized spacial score (nSPS) is 11.7. The van der Waals surface area contributed by atoms with Crippen LogP contribution in [0.2, 0.25) is 0 Å². The molecule has 3 N–H and O–H groups in total. The van der Waals surface area contributed by atoms with Crippen LogP contribution in [0.4, 0.5) is 0 Å². The van der Waals surface area contributed by atoms with Crippen molar-refractivity contribution >= 4 is 10.1 Å². The number of aliphatic hydroxyl groups excluding tert-OH is 2. The van der Waals surface area contributed by atoms with E-state index in [1.807, 2.05) is 0 Å². The van der Waals surface area contributed by atoms with Crippen LogP contribution in [0.15, 0.2) is 23.1 Å². The van der Waals surface area contributed by atoms with Gasteiger partial charge >= 0.3 is 0 Å². The zero-order valence-corrected chi connectivity index (χ0v) is 9.44. The Balaban J connectivity index is 3.32. The minimum absolute atomic E-state index is 0.118. The van der Waals surface area contributed by atoms with Gasteiger partial charge in [0.2, 0.25) is 0 Å². The van der Waals surface area contributed by atoms with Gasteiger partial charge in [0.15, 0.2) is 0 Å². The molecule has 6 heteroatoms. The quantitative estimate of drug-likeness (QED) is 0.636. The Morgan fingerprint density at radius 2 is 1.69 bits per heavy atom. The summed E-state index contributed by atoms with van der Waals surface area (Å²) in [5.74, 6) is 0. The minimum atomic E-state index is -4.29. The lowest BCUT2D eigenvalue weighted by Crippen LogP contribution is -2.09. The highest BCUT2D eigenvalue weighted by molar-refractivity contribution is 7.85. The number of hydrogen-bond acceptors (Lipinski definition) is 4. The molecule has 0 bridgehead atoms. The molecule has 1 rings (SSSR count). The second-order valence-corrected chi connectivity index (χ2v) is 4.71. The zero-order chi connectivity index (χ0) is 12.2. The van der Waals surface area contributed by atoms with Gasteiger partial charge in [0, 0.05) is 13.2 Å². The third kappa shape index (κ3) is 3.02. The molecule has 1 aromatic rings. The van der Waals surface area contributed by atoms with E-state index in [0.29, 0.717) is 17.5 Å². The van der Waals surface area contributed by atoms with Crippen molar-refractivity contribution in [1.29, 1.82) is 0 Å². The highest BCUT2D eigenvalue weighted by Gasteiger charge is 2.17. The number of benzene rings is 1. The fraction of sp³-hybridized carbons (Fsp3) is 0.400. The first kappa shape index (κ1) is 13.1. The van der Waals surface area contributed by atoms with Crippen LogP contribution in [0, 0.1) is 0 Å². The Kier molecular flexibility index (Phi) is 4.43. The molecule has 0 spiro atoms. The third-order valence-electron chi connectivity index (χ3n) is 2.25. The lowest BCUT2D eigenvalue weighted by Gasteiger charge is -2.11. The van der Waals surface area contributed by atoms with Crippen molar-refractivity contribution in [2.45, 2.75) is 17.7 Å². The van der Waals surface area contributed by atoms with E-state index in [1.54, 1.807) is 6.07 Å². The van der Waals surface area contributed by atoms with Crippen molar-refractivity contribution in [2.75, 3.05) is 13.2 Å². The van der Waals surface area contributed by atoms with Crippen LogP contribution in [-0.2, 0) is 23.0 Å². The molecule has 90 valence electrons. The summed E-state index contributed by atoms with van der Waals surface area (Å²) in [5.41, 5.74) is 0.980. The zero-order valence-electron chi connectivity index (χ0n) is 8.63. The monoisotopic (exact) mass is 246 g/mol. The van der Waals surface area contributed by atoms with Gasteiger partial charge in [0.1, 0.15) is 0 Å². The first-order valence-corrected chi connectivity index (χ1v) is 6.24. The largest absolute Gasteiger partial charge is 0.396 e.